The summed E-state index contributed by atoms with van der Waals surface area (Å²) in [4.78, 5) is 106. The number of fused-ring (bicyclic) bond motifs is 4. The minimum Gasteiger partial charge on any atom is -0.550 e. The average molecular weight is 875 g/mol. The molecule has 0 saturated heterocycles. The van der Waals surface area contributed by atoms with Crippen LogP contribution in [0.2, 0.25) is 0 Å². The second-order valence-electron chi connectivity index (χ2n) is 12.0. The van der Waals surface area contributed by atoms with Gasteiger partial charge in [0.2, 0.25) is 11.6 Å². The van der Waals surface area contributed by atoms with Crippen molar-refractivity contribution >= 4 is 98.2 Å². The SMILES string of the molecule is C.CCCCC(CC)C(=O)[O-].C[C@H](NC(=O)c1cc2c(s1)C(=O)c1sccc1C2=O)C(=O)O.C[C@H](NC(=O)c1cc2c(s1)C(=O)c1sccc1C2=O)C(=O)[O-].[Na+].[Na+]. The largest absolute Gasteiger partial charge is 1.00 e. The third kappa shape index (κ3) is 12.0. The maximum absolute atomic E-state index is 12.3. The van der Waals surface area contributed by atoms with Crippen LogP contribution in [-0.4, -0.2) is 70.0 Å². The molecule has 0 aliphatic heterocycles. The number of rotatable bonds is 11. The molecule has 4 aromatic heterocycles. The molecule has 0 spiro atoms. The van der Waals surface area contributed by atoms with Crippen LogP contribution < -0.4 is 80.0 Å². The van der Waals surface area contributed by atoms with Gasteiger partial charge in [-0.1, -0.05) is 34.1 Å². The Bertz CT molecular complexity index is 1950. The molecule has 2 aliphatic rings. The van der Waals surface area contributed by atoms with E-state index < -0.39 is 41.8 Å². The zero-order valence-electron chi connectivity index (χ0n) is 31.1. The molecular weight excluding hydrogens is 839 g/mol. The molecule has 0 bridgehead atoms. The van der Waals surface area contributed by atoms with Gasteiger partial charge in [0.15, 0.2) is 11.6 Å². The summed E-state index contributed by atoms with van der Waals surface area (Å²) >= 11 is 4.17. The van der Waals surface area contributed by atoms with Crippen molar-refractivity contribution in [3.05, 3.63) is 86.5 Å². The normalized spacial score (nSPS) is 13.3. The summed E-state index contributed by atoms with van der Waals surface area (Å²) in [6.45, 7) is 6.55. The first-order chi connectivity index (χ1) is 25.5. The minimum absolute atomic E-state index is 0. The number of aliphatic carboxylic acids is 3. The third-order valence-electron chi connectivity index (χ3n) is 8.20. The number of amides is 2. The first kappa shape index (κ1) is 51.8. The molecule has 6 rings (SSSR count). The molecule has 3 atom stereocenters. The topological polar surface area (TPSA) is 244 Å². The van der Waals surface area contributed by atoms with Gasteiger partial charge in [-0.15, -0.1) is 45.3 Å². The van der Waals surface area contributed by atoms with E-state index in [1.807, 2.05) is 6.92 Å². The van der Waals surface area contributed by atoms with Gasteiger partial charge in [0.05, 0.1) is 41.3 Å². The van der Waals surface area contributed by atoms with Crippen LogP contribution in [0.25, 0.3) is 0 Å². The molecule has 4 heterocycles. The first-order valence-corrected chi connectivity index (χ1v) is 19.8. The molecule has 1 unspecified atom stereocenters. The van der Waals surface area contributed by atoms with E-state index in [4.69, 9.17) is 5.11 Å². The Morgan fingerprint density at radius 3 is 1.44 bits per heavy atom. The van der Waals surface area contributed by atoms with Crippen molar-refractivity contribution in [3.63, 3.8) is 0 Å². The summed E-state index contributed by atoms with van der Waals surface area (Å²) < 4.78 is 0. The Balaban J connectivity index is 0.000000445. The Labute approximate surface area is 388 Å². The smallest absolute Gasteiger partial charge is 0.550 e. The van der Waals surface area contributed by atoms with E-state index in [0.29, 0.717) is 27.3 Å². The van der Waals surface area contributed by atoms with E-state index in [9.17, 15) is 53.4 Å². The molecule has 2 aliphatic carbocycles. The van der Waals surface area contributed by atoms with Gasteiger partial charge < -0.3 is 35.5 Å². The maximum atomic E-state index is 12.3. The third-order valence-corrected chi connectivity index (χ3v) is 12.3. The monoisotopic (exact) mass is 874 g/mol. The van der Waals surface area contributed by atoms with Crippen LogP contribution >= 0.6 is 45.3 Å². The fourth-order valence-corrected chi connectivity index (χ4v) is 8.91. The number of carbonyl (C=O) groups excluding carboxylic acids is 8. The van der Waals surface area contributed by atoms with Crippen LogP contribution in [0.4, 0.5) is 0 Å². The van der Waals surface area contributed by atoms with Crippen LogP contribution in [0.15, 0.2) is 35.0 Å². The zero-order chi connectivity index (χ0) is 40.0. The summed E-state index contributed by atoms with van der Waals surface area (Å²) in [6, 6.07) is 3.63. The summed E-state index contributed by atoms with van der Waals surface area (Å²) in [7, 11) is 0. The first-order valence-electron chi connectivity index (χ1n) is 16.4. The Hall–Kier alpha value is -3.17. The molecule has 4 aromatic rings. The predicted molar refractivity (Wildman–Crippen MR) is 203 cm³/mol. The van der Waals surface area contributed by atoms with Crippen LogP contribution in [0, 0.1) is 5.92 Å². The van der Waals surface area contributed by atoms with Gasteiger partial charge in [0.1, 0.15) is 6.04 Å². The Kier molecular flexibility index (Phi) is 20.8. The van der Waals surface area contributed by atoms with E-state index in [0.717, 1.165) is 41.9 Å². The molecular formula is C37H36N2Na2O12S4. The van der Waals surface area contributed by atoms with Crippen LogP contribution in [0.3, 0.4) is 0 Å². The number of carboxylic acid groups (broad SMARTS) is 3. The van der Waals surface area contributed by atoms with Crippen LogP contribution in [0.5, 0.6) is 0 Å². The number of carbonyl (C=O) groups is 9. The number of unbranched alkanes of at least 4 members (excludes halogenated alkanes) is 1. The maximum Gasteiger partial charge on any atom is 1.00 e. The molecule has 14 nitrogen and oxygen atoms in total. The number of ketones is 4. The predicted octanol–water partition coefficient (Wildman–Crippen LogP) is -2.16. The molecule has 20 heteroatoms. The van der Waals surface area contributed by atoms with Gasteiger partial charge in [-0.2, -0.15) is 0 Å². The average Bonchev–Trinajstić information content (AvgIpc) is 3.96. The van der Waals surface area contributed by atoms with E-state index >= 15 is 0 Å². The molecule has 0 fully saturated rings. The van der Waals surface area contributed by atoms with Gasteiger partial charge in [0.25, 0.3) is 11.8 Å². The molecule has 0 radical (unpaired) electrons. The van der Waals surface area contributed by atoms with E-state index in [1.165, 1.54) is 48.7 Å². The van der Waals surface area contributed by atoms with Crippen molar-refractivity contribution in [2.24, 2.45) is 5.92 Å². The van der Waals surface area contributed by atoms with Crippen LogP contribution in [-0.2, 0) is 14.4 Å². The van der Waals surface area contributed by atoms with Crippen molar-refractivity contribution in [2.45, 2.75) is 72.9 Å². The molecule has 57 heavy (non-hydrogen) atoms. The van der Waals surface area contributed by atoms with E-state index in [-0.39, 0.29) is 126 Å². The van der Waals surface area contributed by atoms with E-state index in [1.54, 1.807) is 22.9 Å². The summed E-state index contributed by atoms with van der Waals surface area (Å²) in [5.41, 5.74) is 1.09. The number of nitrogens with one attached hydrogen (secondary N) is 2. The standard InChI is InChI=1S/2C14H9NO5S2.C8H16O2.CH4.2Na/c2*1-5(14(19)20)15-13(18)8-4-7-9(16)6-2-3-21-11(6)10(17)12(7)22-8;1-3-5-6-7(4-2)8(9)10;;;/h2*2-5H,1H3,(H,15,18)(H,19,20);7H,3-6H2,1-2H3,(H,9,10);1H4;;/q;;;;2*+1/p-2/t2*5-;;;;/m00..../s1. The number of thiophene rings is 4. The van der Waals surface area contributed by atoms with Crippen molar-refractivity contribution in [1.29, 1.82) is 0 Å². The van der Waals surface area contributed by atoms with Crippen molar-refractivity contribution in [1.82, 2.24) is 10.6 Å². The van der Waals surface area contributed by atoms with Crippen LogP contribution in [0.1, 0.15) is 141 Å². The van der Waals surface area contributed by atoms with Gasteiger partial charge >= 0.3 is 65.1 Å². The van der Waals surface area contributed by atoms with Gasteiger partial charge in [-0.25, -0.2) is 0 Å². The molecule has 0 saturated carbocycles. The Morgan fingerprint density at radius 2 is 1.09 bits per heavy atom. The van der Waals surface area contributed by atoms with Crippen molar-refractivity contribution < 1.29 is 118 Å². The van der Waals surface area contributed by atoms with Crippen molar-refractivity contribution in [3.8, 4) is 0 Å². The zero-order valence-corrected chi connectivity index (χ0v) is 38.4. The summed E-state index contributed by atoms with van der Waals surface area (Å²) in [5, 5.41) is 37.7. The second-order valence-corrected chi connectivity index (χ2v) is 15.9. The summed E-state index contributed by atoms with van der Waals surface area (Å²) in [5.74, 6) is -6.09. The number of hydrogen-bond acceptors (Lipinski definition) is 15. The van der Waals surface area contributed by atoms with Gasteiger partial charge in [-0.3, -0.25) is 33.6 Å². The quantitative estimate of drug-likeness (QED) is 0.118. The van der Waals surface area contributed by atoms with E-state index in [2.05, 4.69) is 17.6 Å². The Morgan fingerprint density at radius 1 is 0.667 bits per heavy atom. The molecule has 292 valence electrons. The number of carboxylic acids is 3. The summed E-state index contributed by atoms with van der Waals surface area (Å²) in [6.07, 6.45) is 3.52. The second kappa shape index (κ2) is 22.8. The minimum atomic E-state index is -1.41. The van der Waals surface area contributed by atoms with Gasteiger partial charge in [0, 0.05) is 28.2 Å². The van der Waals surface area contributed by atoms with Gasteiger partial charge in [-0.05, 0) is 67.6 Å². The molecule has 0 aromatic carbocycles. The fourth-order valence-electron chi connectivity index (χ4n) is 5.10. The number of hydrogen-bond donors (Lipinski definition) is 3. The van der Waals surface area contributed by atoms with Crippen molar-refractivity contribution in [2.75, 3.05) is 0 Å². The fraction of sp³-hybridized carbons (Fsp3) is 0.324. The molecule has 2 amide bonds. The molecule has 3 N–H and O–H groups in total.